The Morgan fingerprint density at radius 3 is 2.72 bits per heavy atom. The van der Waals surface area contributed by atoms with Crippen LogP contribution in [-0.2, 0) is 0 Å². The van der Waals surface area contributed by atoms with E-state index in [0.717, 1.165) is 23.3 Å². The molecule has 18 heavy (non-hydrogen) atoms. The molecule has 5 nitrogen and oxygen atoms in total. The van der Waals surface area contributed by atoms with E-state index in [0.29, 0.717) is 0 Å². The lowest BCUT2D eigenvalue weighted by Gasteiger charge is -2.16. The van der Waals surface area contributed by atoms with Gasteiger partial charge in [-0.2, -0.15) is 0 Å². The Balaban J connectivity index is 2.50. The number of aromatic amines is 1. The van der Waals surface area contributed by atoms with Gasteiger partial charge in [0.05, 0.1) is 5.69 Å². The van der Waals surface area contributed by atoms with Crippen LogP contribution in [0.4, 0.5) is 0 Å². The summed E-state index contributed by atoms with van der Waals surface area (Å²) < 4.78 is 0. The zero-order chi connectivity index (χ0) is 13.1. The van der Waals surface area contributed by atoms with E-state index in [2.05, 4.69) is 40.1 Å². The molecule has 0 aliphatic rings. The maximum Gasteiger partial charge on any atom is 0.141 e. The lowest BCUT2D eigenvalue weighted by atomic mass is 10.1. The topological polar surface area (TPSA) is 48.1 Å². The summed E-state index contributed by atoms with van der Waals surface area (Å²) in [6, 6.07) is 2.02. The van der Waals surface area contributed by atoms with Gasteiger partial charge in [0.25, 0.3) is 0 Å². The first-order valence-corrected chi connectivity index (χ1v) is 5.88. The first-order chi connectivity index (χ1) is 8.58. The number of nitrogens with zero attached hydrogens (tertiary/aromatic N) is 4. The summed E-state index contributed by atoms with van der Waals surface area (Å²) in [5.74, 6) is 0. The molecule has 0 spiro atoms. The molecule has 1 N–H and O–H groups in total. The number of rotatable bonds is 4. The lowest BCUT2D eigenvalue weighted by Crippen LogP contribution is -2.17. The highest BCUT2D eigenvalue weighted by Gasteiger charge is 2.11. The van der Waals surface area contributed by atoms with E-state index in [1.165, 1.54) is 5.57 Å². The molecule has 0 aromatic carbocycles. The van der Waals surface area contributed by atoms with Gasteiger partial charge >= 0.3 is 0 Å². The van der Waals surface area contributed by atoms with Crippen molar-refractivity contribution in [3.8, 4) is 0 Å². The van der Waals surface area contributed by atoms with E-state index >= 15 is 0 Å². The Hall–Kier alpha value is -1.88. The fourth-order valence-electron chi connectivity index (χ4n) is 1.96. The molecule has 0 fully saturated rings. The molecule has 96 valence electrons. The molecule has 0 radical (unpaired) electrons. The maximum absolute atomic E-state index is 4.43. The first-order valence-electron chi connectivity index (χ1n) is 5.88. The van der Waals surface area contributed by atoms with Crippen LogP contribution in [-0.4, -0.2) is 59.5 Å². The van der Waals surface area contributed by atoms with Crippen molar-refractivity contribution in [1.82, 2.24) is 24.8 Å². The third-order valence-electron chi connectivity index (χ3n) is 2.56. The highest BCUT2D eigenvalue weighted by molar-refractivity contribution is 5.88. The van der Waals surface area contributed by atoms with Crippen LogP contribution in [0, 0.1) is 0 Å². The van der Waals surface area contributed by atoms with Gasteiger partial charge in [0.1, 0.15) is 12.0 Å². The van der Waals surface area contributed by atoms with Crippen molar-refractivity contribution in [2.24, 2.45) is 0 Å². The van der Waals surface area contributed by atoms with Crippen molar-refractivity contribution >= 4 is 16.6 Å². The van der Waals surface area contributed by atoms with Gasteiger partial charge < -0.3 is 14.8 Å². The second kappa shape index (κ2) is 5.18. The van der Waals surface area contributed by atoms with Crippen LogP contribution >= 0.6 is 0 Å². The van der Waals surface area contributed by atoms with E-state index in [9.17, 15) is 0 Å². The van der Waals surface area contributed by atoms with Crippen molar-refractivity contribution < 1.29 is 0 Å². The molecule has 2 aromatic heterocycles. The van der Waals surface area contributed by atoms with Gasteiger partial charge in [-0.25, -0.2) is 9.97 Å². The molecule has 0 saturated carbocycles. The van der Waals surface area contributed by atoms with Gasteiger partial charge in [-0.3, -0.25) is 0 Å². The highest BCUT2D eigenvalue weighted by Crippen LogP contribution is 2.21. The summed E-state index contributed by atoms with van der Waals surface area (Å²) in [5.41, 5.74) is 3.05. The van der Waals surface area contributed by atoms with Crippen LogP contribution in [0.25, 0.3) is 16.6 Å². The van der Waals surface area contributed by atoms with Crippen LogP contribution in [0.3, 0.4) is 0 Å². The fourth-order valence-corrected chi connectivity index (χ4v) is 1.96. The van der Waals surface area contributed by atoms with Gasteiger partial charge in [-0.1, -0.05) is 0 Å². The summed E-state index contributed by atoms with van der Waals surface area (Å²) in [6.45, 7) is 0.843. The second-order valence-electron chi connectivity index (χ2n) is 4.82. The van der Waals surface area contributed by atoms with Gasteiger partial charge in [-0.15, -0.1) is 0 Å². The third-order valence-corrected chi connectivity index (χ3v) is 2.56. The zero-order valence-electron chi connectivity index (χ0n) is 11.3. The number of likely N-dealkylation sites (N-methyl/N-ethyl adjacent to an activating group) is 1. The second-order valence-corrected chi connectivity index (χ2v) is 4.82. The maximum atomic E-state index is 4.43. The molecule has 0 aliphatic heterocycles. The van der Waals surface area contributed by atoms with Crippen molar-refractivity contribution in [3.63, 3.8) is 0 Å². The molecular weight excluding hydrogens is 226 g/mol. The molecule has 0 bridgehead atoms. The monoisotopic (exact) mass is 245 g/mol. The van der Waals surface area contributed by atoms with Gasteiger partial charge in [0.15, 0.2) is 0 Å². The van der Waals surface area contributed by atoms with Crippen LogP contribution in [0.1, 0.15) is 5.69 Å². The number of fused-ring (bicyclic) bond motifs is 1. The summed E-state index contributed by atoms with van der Waals surface area (Å²) >= 11 is 0. The average molecular weight is 245 g/mol. The Bertz CT molecular complexity index is 553. The predicted octanol–water partition coefficient (Wildman–Crippen LogP) is 1.42. The van der Waals surface area contributed by atoms with E-state index in [1.54, 1.807) is 6.33 Å². The summed E-state index contributed by atoms with van der Waals surface area (Å²) in [5, 5.41) is 1.06. The Morgan fingerprint density at radius 1 is 1.28 bits per heavy atom. The number of hydrogen-bond acceptors (Lipinski definition) is 4. The molecule has 2 aromatic rings. The highest BCUT2D eigenvalue weighted by atomic mass is 15.1. The molecular formula is C13H19N5. The molecule has 5 heteroatoms. The van der Waals surface area contributed by atoms with E-state index < -0.39 is 0 Å². The molecule has 0 saturated heterocycles. The number of nitrogens with one attached hydrogen (secondary N) is 1. The normalized spacial score (nSPS) is 12.4. The number of hydrogen-bond donors (Lipinski definition) is 1. The zero-order valence-corrected chi connectivity index (χ0v) is 11.3. The van der Waals surface area contributed by atoms with Crippen LogP contribution in [0.5, 0.6) is 0 Å². The van der Waals surface area contributed by atoms with Gasteiger partial charge in [0, 0.05) is 44.0 Å². The number of H-pyrrole nitrogens is 1. The molecule has 0 amide bonds. The van der Waals surface area contributed by atoms with E-state index in [1.807, 2.05) is 31.3 Å². The minimum atomic E-state index is 0.843. The lowest BCUT2D eigenvalue weighted by molar-refractivity contribution is 0.458. The van der Waals surface area contributed by atoms with E-state index in [-0.39, 0.29) is 0 Å². The quantitative estimate of drug-likeness (QED) is 0.885. The van der Waals surface area contributed by atoms with Crippen LogP contribution in [0.2, 0.25) is 0 Å². The van der Waals surface area contributed by atoms with Crippen LogP contribution < -0.4 is 0 Å². The Labute approximate surface area is 107 Å². The standard InChI is InChI=1S/C13H19N5/c1-17(2)7-10(8-18(3)4)12-11-5-6-14-13(11)16-9-15-12/h5-7,9H,8H2,1-4H3,(H,14,15,16). The molecule has 0 unspecified atom stereocenters. The van der Waals surface area contributed by atoms with Gasteiger partial charge in [0.2, 0.25) is 0 Å². The predicted molar refractivity (Wildman–Crippen MR) is 74.1 cm³/mol. The average Bonchev–Trinajstić information content (AvgIpc) is 2.74. The van der Waals surface area contributed by atoms with Crippen molar-refractivity contribution in [2.75, 3.05) is 34.7 Å². The molecule has 2 rings (SSSR count). The summed E-state index contributed by atoms with van der Waals surface area (Å²) in [6.07, 6.45) is 5.61. The molecule has 2 heterocycles. The minimum absolute atomic E-state index is 0.843. The molecule has 0 aliphatic carbocycles. The smallest absolute Gasteiger partial charge is 0.141 e. The first kappa shape index (κ1) is 12.6. The summed E-state index contributed by atoms with van der Waals surface area (Å²) in [4.78, 5) is 15.9. The summed E-state index contributed by atoms with van der Waals surface area (Å²) in [7, 11) is 8.15. The van der Waals surface area contributed by atoms with Crippen LogP contribution in [0.15, 0.2) is 24.8 Å². The van der Waals surface area contributed by atoms with Crippen molar-refractivity contribution in [1.29, 1.82) is 0 Å². The van der Waals surface area contributed by atoms with E-state index in [4.69, 9.17) is 0 Å². The Morgan fingerprint density at radius 2 is 2.06 bits per heavy atom. The van der Waals surface area contributed by atoms with Gasteiger partial charge in [-0.05, 0) is 20.2 Å². The third kappa shape index (κ3) is 2.68. The SMILES string of the molecule is CN(C)C=C(CN(C)C)c1ncnc2[nH]ccc12. The Kier molecular flexibility index (Phi) is 3.62. The fraction of sp³-hybridized carbons (Fsp3) is 0.385. The largest absolute Gasteiger partial charge is 0.383 e. The number of aromatic nitrogens is 3. The van der Waals surface area contributed by atoms with Crippen molar-refractivity contribution in [3.05, 3.63) is 30.5 Å². The van der Waals surface area contributed by atoms with Crippen molar-refractivity contribution in [2.45, 2.75) is 0 Å². The molecule has 0 atom stereocenters. The minimum Gasteiger partial charge on any atom is -0.383 e.